The Kier molecular flexibility index (Phi) is 7.43. The number of aromatic nitrogens is 2. The van der Waals surface area contributed by atoms with Gasteiger partial charge in [0.2, 0.25) is 5.95 Å². The van der Waals surface area contributed by atoms with E-state index >= 15 is 0 Å². The van der Waals surface area contributed by atoms with Crippen molar-refractivity contribution in [3.05, 3.63) is 17.5 Å². The number of anilines is 1. The van der Waals surface area contributed by atoms with E-state index in [1.54, 1.807) is 14.2 Å². The van der Waals surface area contributed by atoms with Crippen molar-refractivity contribution in [3.63, 3.8) is 0 Å². The van der Waals surface area contributed by atoms with E-state index in [0.717, 1.165) is 30.3 Å². The first-order chi connectivity index (χ1) is 9.63. The van der Waals surface area contributed by atoms with E-state index < -0.39 is 0 Å². The van der Waals surface area contributed by atoms with Crippen LogP contribution in [-0.4, -0.2) is 57.0 Å². The Balaban J connectivity index is 2.91. The van der Waals surface area contributed by atoms with Gasteiger partial charge in [0.15, 0.2) is 0 Å². The van der Waals surface area contributed by atoms with E-state index in [9.17, 15) is 0 Å². The standard InChI is InChI=1S/C14H26N4O2/c1-11(10-20-5)18(6-7-19-4)14-16-9-13(8-15-3)12(2)17-14/h9,11,15H,6-8,10H2,1-5H3. The molecule has 1 N–H and O–H groups in total. The Morgan fingerprint density at radius 3 is 2.65 bits per heavy atom. The topological polar surface area (TPSA) is 59.5 Å². The molecule has 1 unspecified atom stereocenters. The minimum atomic E-state index is 0.199. The molecule has 6 nitrogen and oxygen atoms in total. The third kappa shape index (κ3) is 4.70. The summed E-state index contributed by atoms with van der Waals surface area (Å²) in [5, 5.41) is 3.12. The molecule has 0 fully saturated rings. The number of ether oxygens (including phenoxy) is 2. The Hall–Kier alpha value is -1.24. The van der Waals surface area contributed by atoms with Crippen molar-refractivity contribution >= 4 is 5.95 Å². The summed E-state index contributed by atoms with van der Waals surface area (Å²) in [6.07, 6.45) is 1.88. The molecule has 6 heteroatoms. The monoisotopic (exact) mass is 282 g/mol. The van der Waals surface area contributed by atoms with Gasteiger partial charge in [0, 0.05) is 44.8 Å². The summed E-state index contributed by atoms with van der Waals surface area (Å²) in [5.41, 5.74) is 2.11. The van der Waals surface area contributed by atoms with Gasteiger partial charge in [-0.25, -0.2) is 9.97 Å². The van der Waals surface area contributed by atoms with Crippen LogP contribution in [-0.2, 0) is 16.0 Å². The Morgan fingerprint density at radius 1 is 1.35 bits per heavy atom. The van der Waals surface area contributed by atoms with Crippen LogP contribution in [0.3, 0.4) is 0 Å². The molecule has 0 amide bonds. The van der Waals surface area contributed by atoms with Crippen LogP contribution in [0.1, 0.15) is 18.2 Å². The number of hydrogen-bond donors (Lipinski definition) is 1. The SMILES string of the molecule is CNCc1cnc(N(CCOC)C(C)COC)nc1C. The zero-order valence-electron chi connectivity index (χ0n) is 13.1. The fourth-order valence-corrected chi connectivity index (χ4v) is 2.02. The zero-order valence-corrected chi connectivity index (χ0v) is 13.1. The molecular weight excluding hydrogens is 256 g/mol. The summed E-state index contributed by atoms with van der Waals surface area (Å²) in [7, 11) is 5.31. The molecule has 0 aromatic carbocycles. The van der Waals surface area contributed by atoms with Crippen molar-refractivity contribution in [2.75, 3.05) is 45.9 Å². The van der Waals surface area contributed by atoms with E-state index in [1.807, 2.05) is 20.2 Å². The third-order valence-corrected chi connectivity index (χ3v) is 3.17. The smallest absolute Gasteiger partial charge is 0.225 e. The second-order valence-electron chi connectivity index (χ2n) is 4.80. The van der Waals surface area contributed by atoms with Crippen LogP contribution in [0.2, 0.25) is 0 Å². The summed E-state index contributed by atoms with van der Waals surface area (Å²) in [6, 6.07) is 0.199. The van der Waals surface area contributed by atoms with Gasteiger partial charge in [-0.15, -0.1) is 0 Å². The predicted octanol–water partition coefficient (Wildman–Crippen LogP) is 0.992. The van der Waals surface area contributed by atoms with Crippen LogP contribution in [0.5, 0.6) is 0 Å². The Morgan fingerprint density at radius 2 is 2.10 bits per heavy atom. The fraction of sp³-hybridized carbons (Fsp3) is 0.714. The Labute approximate surface area is 121 Å². The molecule has 0 aliphatic carbocycles. The molecule has 20 heavy (non-hydrogen) atoms. The molecule has 0 radical (unpaired) electrons. The average Bonchev–Trinajstić information content (AvgIpc) is 2.42. The number of rotatable bonds is 9. The van der Waals surface area contributed by atoms with Crippen LogP contribution < -0.4 is 10.2 Å². The highest BCUT2D eigenvalue weighted by molar-refractivity contribution is 5.34. The lowest BCUT2D eigenvalue weighted by molar-refractivity contribution is 0.170. The molecule has 0 bridgehead atoms. The largest absolute Gasteiger partial charge is 0.383 e. The van der Waals surface area contributed by atoms with Crippen molar-refractivity contribution in [2.24, 2.45) is 0 Å². The molecule has 0 spiro atoms. The van der Waals surface area contributed by atoms with Crippen LogP contribution in [0, 0.1) is 6.92 Å². The molecule has 1 heterocycles. The number of methoxy groups -OCH3 is 2. The van der Waals surface area contributed by atoms with Gasteiger partial charge in [0.05, 0.1) is 19.3 Å². The van der Waals surface area contributed by atoms with Gasteiger partial charge in [0.1, 0.15) is 0 Å². The number of aryl methyl sites for hydroxylation is 1. The lowest BCUT2D eigenvalue weighted by Crippen LogP contribution is -2.40. The van der Waals surface area contributed by atoms with Crippen molar-refractivity contribution in [1.82, 2.24) is 15.3 Å². The lowest BCUT2D eigenvalue weighted by Gasteiger charge is -2.29. The highest BCUT2D eigenvalue weighted by Gasteiger charge is 2.17. The quantitative estimate of drug-likeness (QED) is 0.729. The highest BCUT2D eigenvalue weighted by Crippen LogP contribution is 2.14. The predicted molar refractivity (Wildman–Crippen MR) is 80.1 cm³/mol. The molecule has 0 saturated carbocycles. The molecule has 1 rings (SSSR count). The maximum Gasteiger partial charge on any atom is 0.225 e. The molecule has 0 aliphatic rings. The normalized spacial score (nSPS) is 12.4. The first-order valence-electron chi connectivity index (χ1n) is 6.85. The van der Waals surface area contributed by atoms with E-state index in [1.165, 1.54) is 0 Å². The van der Waals surface area contributed by atoms with Crippen LogP contribution >= 0.6 is 0 Å². The summed E-state index contributed by atoms with van der Waals surface area (Å²) in [4.78, 5) is 11.2. The van der Waals surface area contributed by atoms with Gasteiger partial charge in [0.25, 0.3) is 0 Å². The van der Waals surface area contributed by atoms with Crippen LogP contribution in [0.15, 0.2) is 6.20 Å². The van der Waals surface area contributed by atoms with E-state index in [2.05, 4.69) is 27.1 Å². The minimum absolute atomic E-state index is 0.199. The summed E-state index contributed by atoms with van der Waals surface area (Å²) < 4.78 is 10.4. The third-order valence-electron chi connectivity index (χ3n) is 3.17. The first kappa shape index (κ1) is 16.8. The molecular formula is C14H26N4O2. The maximum atomic E-state index is 5.23. The molecule has 0 aliphatic heterocycles. The lowest BCUT2D eigenvalue weighted by atomic mass is 10.2. The summed E-state index contributed by atoms with van der Waals surface area (Å²) in [6.45, 7) is 6.88. The minimum Gasteiger partial charge on any atom is -0.383 e. The number of nitrogens with zero attached hydrogens (tertiary/aromatic N) is 3. The first-order valence-corrected chi connectivity index (χ1v) is 6.85. The van der Waals surface area contributed by atoms with E-state index in [4.69, 9.17) is 9.47 Å². The molecule has 1 aromatic rings. The van der Waals surface area contributed by atoms with Gasteiger partial charge in [-0.2, -0.15) is 0 Å². The second kappa shape index (κ2) is 8.84. The maximum absolute atomic E-state index is 5.23. The number of hydrogen-bond acceptors (Lipinski definition) is 6. The van der Waals surface area contributed by atoms with E-state index in [-0.39, 0.29) is 6.04 Å². The van der Waals surface area contributed by atoms with Gasteiger partial charge in [-0.3, -0.25) is 0 Å². The summed E-state index contributed by atoms with van der Waals surface area (Å²) >= 11 is 0. The molecule has 1 aromatic heterocycles. The van der Waals surface area contributed by atoms with Crippen LogP contribution in [0.4, 0.5) is 5.95 Å². The van der Waals surface area contributed by atoms with Crippen molar-refractivity contribution < 1.29 is 9.47 Å². The average molecular weight is 282 g/mol. The van der Waals surface area contributed by atoms with Crippen molar-refractivity contribution in [1.29, 1.82) is 0 Å². The molecule has 0 saturated heterocycles. The highest BCUT2D eigenvalue weighted by atomic mass is 16.5. The van der Waals surface area contributed by atoms with E-state index in [0.29, 0.717) is 13.2 Å². The zero-order chi connectivity index (χ0) is 15.0. The number of nitrogens with one attached hydrogen (secondary N) is 1. The van der Waals surface area contributed by atoms with Gasteiger partial charge in [-0.05, 0) is 20.9 Å². The van der Waals surface area contributed by atoms with Crippen molar-refractivity contribution in [2.45, 2.75) is 26.4 Å². The Bertz CT molecular complexity index is 401. The summed E-state index contributed by atoms with van der Waals surface area (Å²) in [5.74, 6) is 0.726. The second-order valence-corrected chi connectivity index (χ2v) is 4.80. The fourth-order valence-electron chi connectivity index (χ4n) is 2.02. The van der Waals surface area contributed by atoms with Crippen molar-refractivity contribution in [3.8, 4) is 0 Å². The van der Waals surface area contributed by atoms with Gasteiger partial charge < -0.3 is 19.7 Å². The van der Waals surface area contributed by atoms with Crippen LogP contribution in [0.25, 0.3) is 0 Å². The van der Waals surface area contributed by atoms with Gasteiger partial charge in [-0.1, -0.05) is 0 Å². The van der Waals surface area contributed by atoms with Gasteiger partial charge >= 0.3 is 0 Å². The molecule has 114 valence electrons. The molecule has 1 atom stereocenters.